The molecule has 0 bridgehead atoms. The zero-order valence-corrected chi connectivity index (χ0v) is 13.1. The standard InChI is InChI=1S/C11H14ClNO3S.CH5NO/c1-3-13(4-2)11(14)8-5-6-9(12)10(7-8)17(15)16;1-2-3/h5-7H,3-4H2,1-2H3,(H,15,16);2-3H,1H3/p-1. The van der Waals surface area contributed by atoms with Gasteiger partial charge in [-0.2, -0.15) is 0 Å². The van der Waals surface area contributed by atoms with E-state index in [2.05, 4.69) is 0 Å². The van der Waals surface area contributed by atoms with Gasteiger partial charge in [-0.1, -0.05) is 11.6 Å². The monoisotopic (exact) mass is 321 g/mol. The number of nitrogens with one attached hydrogen (secondary N) is 1. The summed E-state index contributed by atoms with van der Waals surface area (Å²) in [6.07, 6.45) is 0. The van der Waals surface area contributed by atoms with Crippen LogP contribution in [0.1, 0.15) is 24.2 Å². The topological polar surface area (TPSA) is 92.7 Å². The maximum absolute atomic E-state index is 12.0. The highest BCUT2D eigenvalue weighted by atomic mass is 35.5. The van der Waals surface area contributed by atoms with E-state index in [9.17, 15) is 13.6 Å². The molecule has 1 amide bonds. The fourth-order valence-electron chi connectivity index (χ4n) is 1.46. The zero-order valence-electron chi connectivity index (χ0n) is 11.6. The Labute approximate surface area is 126 Å². The second-order valence-corrected chi connectivity index (χ2v) is 4.90. The largest absolute Gasteiger partial charge is 0.768 e. The second kappa shape index (κ2) is 9.84. The number of benzene rings is 1. The summed E-state index contributed by atoms with van der Waals surface area (Å²) in [7, 11) is 1.43. The van der Waals surface area contributed by atoms with Crippen LogP contribution in [0.2, 0.25) is 5.02 Å². The lowest BCUT2D eigenvalue weighted by Crippen LogP contribution is -2.30. The van der Waals surface area contributed by atoms with Gasteiger partial charge in [-0.3, -0.25) is 9.00 Å². The van der Waals surface area contributed by atoms with Gasteiger partial charge in [-0.05, 0) is 43.1 Å². The van der Waals surface area contributed by atoms with Crippen molar-refractivity contribution >= 4 is 28.6 Å². The number of hydrogen-bond donors (Lipinski definition) is 2. The molecule has 1 aromatic carbocycles. The van der Waals surface area contributed by atoms with Gasteiger partial charge in [0.15, 0.2) is 0 Å². The molecule has 6 nitrogen and oxygen atoms in total. The first-order chi connectivity index (χ1) is 9.42. The molecule has 1 atom stereocenters. The van der Waals surface area contributed by atoms with Crippen molar-refractivity contribution in [2.45, 2.75) is 18.7 Å². The predicted molar refractivity (Wildman–Crippen MR) is 76.7 cm³/mol. The van der Waals surface area contributed by atoms with Gasteiger partial charge in [0, 0.05) is 30.6 Å². The van der Waals surface area contributed by atoms with Crippen LogP contribution in [0.4, 0.5) is 0 Å². The highest BCUT2D eigenvalue weighted by Crippen LogP contribution is 2.21. The minimum absolute atomic E-state index is 0.0512. The van der Waals surface area contributed by atoms with E-state index < -0.39 is 11.1 Å². The third kappa shape index (κ3) is 5.56. The molecule has 8 heteroatoms. The Morgan fingerprint density at radius 3 is 2.35 bits per heavy atom. The van der Waals surface area contributed by atoms with Crippen molar-refractivity contribution in [2.75, 3.05) is 20.1 Å². The number of hydroxylamine groups is 1. The lowest BCUT2D eigenvalue weighted by Gasteiger charge is -2.19. The van der Waals surface area contributed by atoms with E-state index in [0.29, 0.717) is 18.7 Å². The summed E-state index contributed by atoms with van der Waals surface area (Å²) in [5.41, 5.74) is 2.08. The molecule has 1 unspecified atom stereocenters. The summed E-state index contributed by atoms with van der Waals surface area (Å²) >= 11 is 3.29. The fraction of sp³-hybridized carbons (Fsp3) is 0.417. The predicted octanol–water partition coefficient (Wildman–Crippen LogP) is 1.66. The van der Waals surface area contributed by atoms with Crippen LogP contribution in [0.25, 0.3) is 0 Å². The van der Waals surface area contributed by atoms with Gasteiger partial charge in [0.1, 0.15) is 0 Å². The Morgan fingerprint density at radius 1 is 1.45 bits per heavy atom. The third-order valence-corrected chi connectivity index (χ3v) is 3.55. The number of carbonyl (C=O) groups is 1. The molecule has 0 spiro atoms. The van der Waals surface area contributed by atoms with Crippen LogP contribution in [0.5, 0.6) is 0 Å². The molecule has 20 heavy (non-hydrogen) atoms. The van der Waals surface area contributed by atoms with Crippen molar-refractivity contribution in [3.8, 4) is 0 Å². The number of nitrogens with zero attached hydrogens (tertiary/aromatic N) is 1. The van der Waals surface area contributed by atoms with Crippen molar-refractivity contribution in [3.63, 3.8) is 0 Å². The average Bonchev–Trinajstić information content (AvgIpc) is 2.41. The molecule has 114 valence electrons. The smallest absolute Gasteiger partial charge is 0.253 e. The number of hydrogen-bond acceptors (Lipinski definition) is 5. The van der Waals surface area contributed by atoms with Crippen molar-refractivity contribution in [1.82, 2.24) is 10.4 Å². The van der Waals surface area contributed by atoms with E-state index in [1.165, 1.54) is 25.2 Å². The van der Waals surface area contributed by atoms with Gasteiger partial charge in [0.2, 0.25) is 0 Å². The SMILES string of the molecule is CCN(CC)C(=O)c1ccc(Cl)c(S(=O)[O-])c1.CNO. The summed E-state index contributed by atoms with van der Waals surface area (Å²) in [6, 6.07) is 4.24. The molecular weight excluding hydrogens is 304 g/mol. The molecule has 0 saturated heterocycles. The Kier molecular flexibility index (Phi) is 9.35. The molecule has 1 aromatic rings. The Balaban J connectivity index is 0.00000110. The van der Waals surface area contributed by atoms with Crippen LogP contribution < -0.4 is 5.48 Å². The highest BCUT2D eigenvalue weighted by molar-refractivity contribution is 7.79. The minimum atomic E-state index is -2.44. The molecule has 0 aliphatic rings. The first-order valence-corrected chi connectivity index (χ1v) is 7.37. The number of halogens is 1. The average molecular weight is 322 g/mol. The Bertz CT molecular complexity index is 467. The van der Waals surface area contributed by atoms with Crippen LogP contribution in [0.15, 0.2) is 23.1 Å². The molecule has 2 N–H and O–H groups in total. The van der Waals surface area contributed by atoms with Gasteiger partial charge in [-0.25, -0.2) is 5.48 Å². The van der Waals surface area contributed by atoms with Crippen molar-refractivity contribution < 1.29 is 18.8 Å². The van der Waals surface area contributed by atoms with Gasteiger partial charge in [-0.15, -0.1) is 0 Å². The van der Waals surface area contributed by atoms with Crippen LogP contribution >= 0.6 is 11.6 Å². The normalized spacial score (nSPS) is 11.3. The first kappa shape index (κ1) is 19.0. The van der Waals surface area contributed by atoms with Gasteiger partial charge in [0.25, 0.3) is 5.91 Å². The Morgan fingerprint density at radius 2 is 1.95 bits per heavy atom. The summed E-state index contributed by atoms with van der Waals surface area (Å²) in [5.74, 6) is -0.196. The zero-order chi connectivity index (χ0) is 15.7. The third-order valence-electron chi connectivity index (χ3n) is 2.41. The van der Waals surface area contributed by atoms with E-state index in [-0.39, 0.29) is 15.8 Å². The van der Waals surface area contributed by atoms with Gasteiger partial charge < -0.3 is 14.7 Å². The van der Waals surface area contributed by atoms with E-state index in [0.717, 1.165) is 0 Å². The molecule has 0 fully saturated rings. The molecule has 0 heterocycles. The lowest BCUT2D eigenvalue weighted by atomic mass is 10.2. The number of amides is 1. The highest BCUT2D eigenvalue weighted by Gasteiger charge is 2.14. The van der Waals surface area contributed by atoms with Crippen molar-refractivity contribution in [1.29, 1.82) is 0 Å². The molecule has 0 saturated carbocycles. The molecular formula is C12H18ClN2O4S-. The number of carbonyl (C=O) groups excluding carboxylic acids is 1. The lowest BCUT2D eigenvalue weighted by molar-refractivity contribution is 0.0772. The maximum atomic E-state index is 12.0. The molecule has 0 aliphatic heterocycles. The summed E-state index contributed by atoms with van der Waals surface area (Å²) in [5, 5.41) is 7.44. The van der Waals surface area contributed by atoms with E-state index >= 15 is 0 Å². The van der Waals surface area contributed by atoms with Crippen LogP contribution in [0, 0.1) is 0 Å². The van der Waals surface area contributed by atoms with E-state index in [1.54, 1.807) is 10.4 Å². The molecule has 0 radical (unpaired) electrons. The first-order valence-electron chi connectivity index (χ1n) is 5.91. The molecule has 0 aliphatic carbocycles. The quantitative estimate of drug-likeness (QED) is 0.650. The van der Waals surface area contributed by atoms with Crippen molar-refractivity contribution in [2.24, 2.45) is 0 Å². The Hall–Kier alpha value is -0.990. The summed E-state index contributed by atoms with van der Waals surface area (Å²) < 4.78 is 21.8. The summed E-state index contributed by atoms with van der Waals surface area (Å²) in [6.45, 7) is 4.88. The molecule has 0 aromatic heterocycles. The van der Waals surface area contributed by atoms with Crippen LogP contribution in [0.3, 0.4) is 0 Å². The maximum Gasteiger partial charge on any atom is 0.253 e. The van der Waals surface area contributed by atoms with E-state index in [4.69, 9.17) is 16.8 Å². The molecule has 1 rings (SSSR count). The fourth-order valence-corrected chi connectivity index (χ4v) is 2.21. The number of rotatable bonds is 4. The van der Waals surface area contributed by atoms with E-state index in [1.807, 2.05) is 13.8 Å². The van der Waals surface area contributed by atoms with Crippen LogP contribution in [-0.2, 0) is 11.1 Å². The minimum Gasteiger partial charge on any atom is -0.768 e. The van der Waals surface area contributed by atoms with Crippen molar-refractivity contribution in [3.05, 3.63) is 28.8 Å². The van der Waals surface area contributed by atoms with Crippen LogP contribution in [-0.4, -0.2) is 44.9 Å². The van der Waals surface area contributed by atoms with Gasteiger partial charge >= 0.3 is 0 Å². The summed E-state index contributed by atoms with van der Waals surface area (Å²) in [4.78, 5) is 13.5. The van der Waals surface area contributed by atoms with Gasteiger partial charge in [0.05, 0.1) is 5.02 Å². The second-order valence-electron chi connectivity index (χ2n) is 3.58.